The average molecular weight is 918 g/mol. The van der Waals surface area contributed by atoms with Gasteiger partial charge in [0.05, 0.1) is 33.1 Å². The summed E-state index contributed by atoms with van der Waals surface area (Å²) in [6.45, 7) is -0.261. The van der Waals surface area contributed by atoms with Crippen LogP contribution in [0.1, 0.15) is 0 Å². The van der Waals surface area contributed by atoms with Crippen LogP contribution in [0.3, 0.4) is 0 Å². The van der Waals surface area contributed by atoms with E-state index in [-0.39, 0.29) is 6.71 Å². The Labute approximate surface area is 414 Å². The molecule has 0 N–H and O–H groups in total. The molecule has 0 fully saturated rings. The van der Waals surface area contributed by atoms with Crippen LogP contribution in [-0.2, 0) is 0 Å². The zero-order valence-electron chi connectivity index (χ0n) is 38.8. The Hall–Kier alpha value is -9.52. The zero-order valence-corrected chi connectivity index (χ0v) is 38.8. The second-order valence-electron chi connectivity index (χ2n) is 19.1. The van der Waals surface area contributed by atoms with Crippen LogP contribution < -0.4 is 25.9 Å². The Balaban J connectivity index is 1.17. The van der Waals surface area contributed by atoms with Crippen molar-refractivity contribution in [3.8, 4) is 62.3 Å². The van der Waals surface area contributed by atoms with Crippen LogP contribution in [0.4, 0.5) is 0 Å². The topological polar surface area (TPSA) is 33.2 Å². The molecule has 11 aromatic carbocycles. The summed E-state index contributed by atoms with van der Waals surface area (Å²) in [7, 11) is 0. The van der Waals surface area contributed by atoms with Gasteiger partial charge in [-0.1, -0.05) is 194 Å². The highest BCUT2D eigenvalue weighted by Gasteiger charge is 2.46. The predicted octanol–water partition coefficient (Wildman–Crippen LogP) is 15.0. The summed E-state index contributed by atoms with van der Waals surface area (Å²) in [5.41, 5.74) is 16.9. The minimum absolute atomic E-state index is 0.261. The Kier molecular flexibility index (Phi) is 8.19. The van der Waals surface area contributed by atoms with Crippen LogP contribution in [0.2, 0.25) is 0 Å². The number of para-hydroxylation sites is 6. The maximum atomic E-state index is 7.83. The molecule has 0 spiro atoms. The highest BCUT2D eigenvalue weighted by molar-refractivity contribution is 6.98. The quantitative estimate of drug-likeness (QED) is 0.161. The van der Waals surface area contributed by atoms with E-state index in [2.05, 4.69) is 256 Å². The zero-order chi connectivity index (χ0) is 47.0. The molecular formula is C66H40BN3O2. The van der Waals surface area contributed by atoms with Crippen molar-refractivity contribution in [1.29, 1.82) is 0 Å². The summed E-state index contributed by atoms with van der Waals surface area (Å²) in [5.74, 6) is 3.16. The molecule has 0 radical (unpaired) electrons. The standard InChI is InChI=1S/C66H40BN3O2/c1-3-19-41(20-4-1)43-35-37-51-59(39-43)71-65-61-66(72-60-40-44(36-38-52(60)67(51)61)42-21-5-2-6-22-42)64(70-57-33-17-11-27-49(57)50-28-12-18-34-58(50)70)62(68-53-29-13-7-23-45(53)46-24-8-14-30-54(46)68)63(65)69-55-31-15-9-25-47(55)48-26-10-16-32-56(48)69/h1-40H. The van der Waals surface area contributed by atoms with E-state index in [1.807, 2.05) is 0 Å². The molecule has 0 atom stereocenters. The normalized spacial score (nSPS) is 12.6. The van der Waals surface area contributed by atoms with E-state index >= 15 is 0 Å². The minimum atomic E-state index is -0.261. The molecule has 3 aromatic heterocycles. The van der Waals surface area contributed by atoms with Gasteiger partial charge in [0.25, 0.3) is 6.71 Å². The van der Waals surface area contributed by atoms with E-state index in [0.717, 1.165) is 123 Å². The molecule has 5 nitrogen and oxygen atoms in total. The van der Waals surface area contributed by atoms with Gasteiger partial charge in [0.15, 0.2) is 11.5 Å². The third-order valence-electron chi connectivity index (χ3n) is 15.4. The lowest BCUT2D eigenvalue weighted by atomic mass is 9.34. The first-order chi connectivity index (χ1) is 35.8. The van der Waals surface area contributed by atoms with Crippen molar-refractivity contribution >= 4 is 88.5 Å². The SMILES string of the molecule is c1ccc(-c2ccc3c(c2)Oc2c4c(c(-n5c6ccccc6c6ccccc65)c(-n5c6ccccc6c6ccccc65)c2-n2c5ccccc5c5ccccc52)Oc2cc(-c5ccccc5)ccc2B34)cc1. The molecule has 334 valence electrons. The molecule has 6 heteroatoms. The number of nitrogens with zero attached hydrogens (tertiary/aromatic N) is 3. The maximum absolute atomic E-state index is 7.83. The molecule has 16 rings (SSSR count). The van der Waals surface area contributed by atoms with E-state index in [0.29, 0.717) is 0 Å². The fraction of sp³-hybridized carbons (Fsp3) is 0. The number of ether oxygens (including phenoxy) is 2. The molecule has 14 aromatic rings. The van der Waals surface area contributed by atoms with Crippen LogP contribution in [0.25, 0.3) is 105 Å². The van der Waals surface area contributed by atoms with Crippen molar-refractivity contribution in [2.45, 2.75) is 0 Å². The van der Waals surface area contributed by atoms with Crippen molar-refractivity contribution in [2.75, 3.05) is 0 Å². The van der Waals surface area contributed by atoms with Gasteiger partial charge >= 0.3 is 0 Å². The number of rotatable bonds is 5. The summed E-state index contributed by atoms with van der Waals surface area (Å²) in [4.78, 5) is 0. The van der Waals surface area contributed by atoms with Crippen molar-refractivity contribution in [2.24, 2.45) is 0 Å². The average Bonchev–Trinajstić information content (AvgIpc) is 4.09. The lowest BCUT2D eigenvalue weighted by Gasteiger charge is -2.37. The summed E-state index contributed by atoms with van der Waals surface area (Å²) in [5, 5.41) is 6.99. The lowest BCUT2D eigenvalue weighted by molar-refractivity contribution is 0.462. The Bertz CT molecular complexity index is 4190. The summed E-state index contributed by atoms with van der Waals surface area (Å²) in [6.07, 6.45) is 0. The third kappa shape index (κ3) is 5.43. The van der Waals surface area contributed by atoms with E-state index < -0.39 is 0 Å². The largest absolute Gasteiger partial charge is 0.456 e. The number of fused-ring (bicyclic) bond motifs is 13. The van der Waals surface area contributed by atoms with Gasteiger partial charge in [0.1, 0.15) is 28.6 Å². The Morgan fingerprint density at radius 3 is 0.889 bits per heavy atom. The highest BCUT2D eigenvalue weighted by atomic mass is 16.5. The van der Waals surface area contributed by atoms with E-state index in [4.69, 9.17) is 9.47 Å². The van der Waals surface area contributed by atoms with Gasteiger partial charge in [-0.25, -0.2) is 0 Å². The second-order valence-corrected chi connectivity index (χ2v) is 19.1. The second kappa shape index (κ2) is 15.0. The maximum Gasteiger partial charge on any atom is 0.260 e. The molecular weight excluding hydrogens is 878 g/mol. The molecule has 0 saturated carbocycles. The lowest BCUT2D eigenvalue weighted by Crippen LogP contribution is -2.58. The predicted molar refractivity (Wildman–Crippen MR) is 298 cm³/mol. The summed E-state index contributed by atoms with van der Waals surface area (Å²) < 4.78 is 23.1. The van der Waals surface area contributed by atoms with Gasteiger partial charge < -0.3 is 23.2 Å². The number of hydrogen-bond acceptors (Lipinski definition) is 2. The van der Waals surface area contributed by atoms with Crippen molar-refractivity contribution in [3.63, 3.8) is 0 Å². The molecule has 5 heterocycles. The van der Waals surface area contributed by atoms with Gasteiger partial charge in [0, 0.05) is 37.8 Å². The van der Waals surface area contributed by atoms with E-state index in [1.54, 1.807) is 0 Å². The monoisotopic (exact) mass is 917 g/mol. The van der Waals surface area contributed by atoms with Gasteiger partial charge in [-0.15, -0.1) is 0 Å². The first-order valence-electron chi connectivity index (χ1n) is 24.7. The molecule has 2 aliphatic rings. The first-order valence-corrected chi connectivity index (χ1v) is 24.7. The molecule has 72 heavy (non-hydrogen) atoms. The molecule has 0 bridgehead atoms. The number of benzene rings is 11. The minimum Gasteiger partial charge on any atom is -0.456 e. The molecule has 2 aliphatic heterocycles. The van der Waals surface area contributed by atoms with E-state index in [1.165, 1.54) is 21.5 Å². The molecule has 0 amide bonds. The van der Waals surface area contributed by atoms with Crippen LogP contribution in [0, 0.1) is 0 Å². The Morgan fingerprint density at radius 1 is 0.264 bits per heavy atom. The molecule has 0 aliphatic carbocycles. The summed E-state index contributed by atoms with van der Waals surface area (Å²) in [6, 6.07) is 87.7. The van der Waals surface area contributed by atoms with Gasteiger partial charge in [0.2, 0.25) is 0 Å². The summed E-state index contributed by atoms with van der Waals surface area (Å²) >= 11 is 0. The van der Waals surface area contributed by atoms with Crippen LogP contribution in [-0.4, -0.2) is 20.4 Å². The first kappa shape index (κ1) is 39.3. The van der Waals surface area contributed by atoms with Crippen molar-refractivity contribution in [3.05, 3.63) is 243 Å². The fourth-order valence-electron chi connectivity index (χ4n) is 12.3. The number of aromatic nitrogens is 3. The molecule has 0 unspecified atom stereocenters. The van der Waals surface area contributed by atoms with Gasteiger partial charge in [-0.2, -0.15) is 0 Å². The van der Waals surface area contributed by atoms with Crippen LogP contribution in [0.15, 0.2) is 243 Å². The Morgan fingerprint density at radius 2 is 0.556 bits per heavy atom. The molecule has 0 saturated heterocycles. The van der Waals surface area contributed by atoms with Gasteiger partial charge in [-0.3, -0.25) is 0 Å². The van der Waals surface area contributed by atoms with Crippen LogP contribution in [0.5, 0.6) is 23.0 Å². The highest BCUT2D eigenvalue weighted by Crippen LogP contribution is 2.52. The smallest absolute Gasteiger partial charge is 0.260 e. The van der Waals surface area contributed by atoms with Crippen LogP contribution >= 0.6 is 0 Å². The fourth-order valence-corrected chi connectivity index (χ4v) is 12.3. The van der Waals surface area contributed by atoms with E-state index in [9.17, 15) is 0 Å². The number of hydrogen-bond donors (Lipinski definition) is 0. The van der Waals surface area contributed by atoms with Crippen molar-refractivity contribution < 1.29 is 9.47 Å². The van der Waals surface area contributed by atoms with Gasteiger partial charge in [-0.05, 0) is 81.7 Å². The van der Waals surface area contributed by atoms with Crippen molar-refractivity contribution in [1.82, 2.24) is 13.7 Å². The third-order valence-corrected chi connectivity index (χ3v) is 15.4.